The summed E-state index contributed by atoms with van der Waals surface area (Å²) in [6.07, 6.45) is 0. The monoisotopic (exact) mass is 283 g/mol. The molecule has 1 saturated heterocycles. The second-order valence-electron chi connectivity index (χ2n) is 4.55. The van der Waals surface area contributed by atoms with Gasteiger partial charge in [-0.3, -0.25) is 14.9 Å². The van der Waals surface area contributed by atoms with Crippen molar-refractivity contribution in [2.75, 3.05) is 33.2 Å². The molecule has 0 unspecified atom stereocenters. The number of likely N-dealkylation sites (N-methyl/N-ethyl adjacent to an activating group) is 1. The summed E-state index contributed by atoms with van der Waals surface area (Å²) in [5.74, 6) is -0.210. The maximum atomic E-state index is 12.3. The van der Waals surface area contributed by atoms with E-state index in [1.165, 1.54) is 18.2 Å². The van der Waals surface area contributed by atoms with E-state index in [9.17, 15) is 14.9 Å². The zero-order chi connectivity index (χ0) is 14.0. The van der Waals surface area contributed by atoms with Gasteiger partial charge in [-0.25, -0.2) is 0 Å². The van der Waals surface area contributed by atoms with Crippen LogP contribution in [0.15, 0.2) is 18.2 Å². The highest BCUT2D eigenvalue weighted by Gasteiger charge is 2.22. The van der Waals surface area contributed by atoms with Crippen molar-refractivity contribution in [3.05, 3.63) is 38.9 Å². The Morgan fingerprint density at radius 2 is 1.89 bits per heavy atom. The van der Waals surface area contributed by atoms with Gasteiger partial charge in [0.05, 0.1) is 4.92 Å². The first kappa shape index (κ1) is 13.8. The van der Waals surface area contributed by atoms with Gasteiger partial charge in [-0.1, -0.05) is 11.6 Å². The molecule has 0 saturated carbocycles. The van der Waals surface area contributed by atoms with E-state index in [-0.39, 0.29) is 22.2 Å². The third kappa shape index (κ3) is 3.21. The molecular formula is C12H14ClN3O3. The summed E-state index contributed by atoms with van der Waals surface area (Å²) in [5.41, 5.74) is 0.105. The molecule has 0 radical (unpaired) electrons. The van der Waals surface area contributed by atoms with Crippen LogP contribution >= 0.6 is 11.6 Å². The largest absolute Gasteiger partial charge is 0.336 e. The smallest absolute Gasteiger partial charge is 0.271 e. The number of rotatable bonds is 2. The van der Waals surface area contributed by atoms with Crippen LogP contribution < -0.4 is 0 Å². The fourth-order valence-corrected chi connectivity index (χ4v) is 2.22. The lowest BCUT2D eigenvalue weighted by Crippen LogP contribution is -2.47. The van der Waals surface area contributed by atoms with Crippen molar-refractivity contribution in [1.82, 2.24) is 9.80 Å². The van der Waals surface area contributed by atoms with E-state index in [4.69, 9.17) is 11.6 Å². The molecule has 2 rings (SSSR count). The third-order valence-corrected chi connectivity index (χ3v) is 3.35. The lowest BCUT2D eigenvalue weighted by atomic mass is 10.1. The van der Waals surface area contributed by atoms with E-state index in [0.29, 0.717) is 13.1 Å². The van der Waals surface area contributed by atoms with Crippen LogP contribution in [0.5, 0.6) is 0 Å². The summed E-state index contributed by atoms with van der Waals surface area (Å²) in [4.78, 5) is 26.3. The summed E-state index contributed by atoms with van der Waals surface area (Å²) in [6, 6.07) is 3.98. The molecule has 1 aromatic carbocycles. The Bertz CT molecular complexity index is 513. The third-order valence-electron chi connectivity index (χ3n) is 3.13. The molecule has 7 heteroatoms. The van der Waals surface area contributed by atoms with E-state index in [2.05, 4.69) is 4.90 Å². The number of nitro benzene ring substituents is 1. The minimum atomic E-state index is -0.549. The van der Waals surface area contributed by atoms with Gasteiger partial charge in [-0.2, -0.15) is 0 Å². The molecule has 102 valence electrons. The molecule has 19 heavy (non-hydrogen) atoms. The number of piperazine rings is 1. The maximum absolute atomic E-state index is 12.3. The van der Waals surface area contributed by atoms with Crippen LogP contribution in [0, 0.1) is 10.1 Å². The van der Waals surface area contributed by atoms with Crippen LogP contribution in [0.1, 0.15) is 10.4 Å². The number of nitrogens with zero attached hydrogens (tertiary/aromatic N) is 3. The molecule has 0 atom stereocenters. The van der Waals surface area contributed by atoms with E-state index >= 15 is 0 Å². The predicted molar refractivity (Wildman–Crippen MR) is 71.5 cm³/mol. The second-order valence-corrected chi connectivity index (χ2v) is 4.99. The first-order valence-electron chi connectivity index (χ1n) is 5.90. The zero-order valence-electron chi connectivity index (χ0n) is 10.5. The normalized spacial score (nSPS) is 16.4. The molecule has 0 spiro atoms. The first-order chi connectivity index (χ1) is 8.97. The fourth-order valence-electron chi connectivity index (χ4n) is 2.00. The minimum absolute atomic E-state index is 0.162. The molecule has 0 aliphatic carbocycles. The molecule has 6 nitrogen and oxygen atoms in total. The SMILES string of the molecule is CN1CCN(C(=O)c2cc(Cl)cc([N+](=O)[O-])c2)CC1. The van der Waals surface area contributed by atoms with Gasteiger partial charge < -0.3 is 9.80 Å². The molecule has 1 aliphatic rings. The van der Waals surface area contributed by atoms with Crippen molar-refractivity contribution in [3.63, 3.8) is 0 Å². The van der Waals surface area contributed by atoms with E-state index in [1.54, 1.807) is 4.90 Å². The van der Waals surface area contributed by atoms with E-state index in [0.717, 1.165) is 13.1 Å². The first-order valence-corrected chi connectivity index (χ1v) is 6.28. The number of hydrogen-bond donors (Lipinski definition) is 0. The van der Waals surface area contributed by atoms with Crippen LogP contribution in [0.2, 0.25) is 5.02 Å². The van der Waals surface area contributed by atoms with Crippen molar-refractivity contribution in [3.8, 4) is 0 Å². The van der Waals surface area contributed by atoms with E-state index in [1.807, 2.05) is 7.05 Å². The molecule has 0 bridgehead atoms. The van der Waals surface area contributed by atoms with Gasteiger partial charge in [0.15, 0.2) is 0 Å². The Kier molecular flexibility index (Phi) is 4.01. The number of hydrogen-bond acceptors (Lipinski definition) is 4. The Balaban J connectivity index is 2.21. The lowest BCUT2D eigenvalue weighted by Gasteiger charge is -2.32. The van der Waals surface area contributed by atoms with Gasteiger partial charge in [-0.15, -0.1) is 0 Å². The summed E-state index contributed by atoms with van der Waals surface area (Å²) in [7, 11) is 1.99. The fraction of sp³-hybridized carbons (Fsp3) is 0.417. The number of halogens is 1. The van der Waals surface area contributed by atoms with Crippen molar-refractivity contribution in [2.45, 2.75) is 0 Å². The van der Waals surface area contributed by atoms with Gasteiger partial charge in [0.2, 0.25) is 0 Å². The Morgan fingerprint density at radius 3 is 2.47 bits per heavy atom. The lowest BCUT2D eigenvalue weighted by molar-refractivity contribution is -0.384. The molecule has 1 heterocycles. The number of carbonyl (C=O) groups is 1. The van der Waals surface area contributed by atoms with Gasteiger partial charge >= 0.3 is 0 Å². The van der Waals surface area contributed by atoms with Crippen molar-refractivity contribution in [1.29, 1.82) is 0 Å². The zero-order valence-corrected chi connectivity index (χ0v) is 11.3. The van der Waals surface area contributed by atoms with Crippen LogP contribution in [0.3, 0.4) is 0 Å². The average Bonchev–Trinajstić information content (AvgIpc) is 2.38. The van der Waals surface area contributed by atoms with Gasteiger partial charge in [0.1, 0.15) is 0 Å². The summed E-state index contributed by atoms with van der Waals surface area (Å²) < 4.78 is 0. The summed E-state index contributed by atoms with van der Waals surface area (Å²) in [6.45, 7) is 2.84. The number of non-ortho nitro benzene ring substituents is 1. The Labute approximate surface area is 115 Å². The standard InChI is InChI=1S/C12H14ClN3O3/c1-14-2-4-15(5-3-14)12(17)9-6-10(13)8-11(7-9)16(18)19/h6-8H,2-5H2,1H3. The highest BCUT2D eigenvalue weighted by molar-refractivity contribution is 6.31. The number of benzene rings is 1. The second kappa shape index (κ2) is 5.54. The van der Waals surface area contributed by atoms with Crippen LogP contribution in [0.4, 0.5) is 5.69 Å². The van der Waals surface area contributed by atoms with Gasteiger partial charge in [0.25, 0.3) is 11.6 Å². The van der Waals surface area contributed by atoms with Gasteiger partial charge in [0, 0.05) is 48.9 Å². The average molecular weight is 284 g/mol. The molecule has 1 fully saturated rings. The highest BCUT2D eigenvalue weighted by Crippen LogP contribution is 2.22. The molecular weight excluding hydrogens is 270 g/mol. The van der Waals surface area contributed by atoms with E-state index < -0.39 is 4.92 Å². The molecule has 0 N–H and O–H groups in total. The van der Waals surface area contributed by atoms with Crippen molar-refractivity contribution >= 4 is 23.2 Å². The maximum Gasteiger partial charge on any atom is 0.271 e. The quantitative estimate of drug-likeness (QED) is 0.611. The Morgan fingerprint density at radius 1 is 1.26 bits per heavy atom. The number of carbonyl (C=O) groups excluding carboxylic acids is 1. The molecule has 0 aromatic heterocycles. The molecule has 1 amide bonds. The highest BCUT2D eigenvalue weighted by atomic mass is 35.5. The number of amides is 1. The van der Waals surface area contributed by atoms with Crippen LogP contribution in [0.25, 0.3) is 0 Å². The van der Waals surface area contributed by atoms with Crippen LogP contribution in [-0.2, 0) is 0 Å². The minimum Gasteiger partial charge on any atom is -0.336 e. The molecule has 1 aliphatic heterocycles. The number of nitro groups is 1. The topological polar surface area (TPSA) is 66.7 Å². The predicted octanol–water partition coefficient (Wildman–Crippen LogP) is 1.64. The van der Waals surface area contributed by atoms with Crippen molar-refractivity contribution in [2.24, 2.45) is 0 Å². The summed E-state index contributed by atoms with van der Waals surface area (Å²) >= 11 is 5.82. The Hall–Kier alpha value is -1.66. The van der Waals surface area contributed by atoms with Gasteiger partial charge in [-0.05, 0) is 13.1 Å². The molecule has 1 aromatic rings. The van der Waals surface area contributed by atoms with Crippen molar-refractivity contribution < 1.29 is 9.72 Å². The summed E-state index contributed by atoms with van der Waals surface area (Å²) in [5, 5.41) is 11.0. The van der Waals surface area contributed by atoms with Crippen LogP contribution in [-0.4, -0.2) is 53.9 Å².